The van der Waals surface area contributed by atoms with E-state index >= 15 is 0 Å². The minimum absolute atomic E-state index is 0.458. The van der Waals surface area contributed by atoms with E-state index in [1.165, 1.54) is 17.8 Å². The number of hydrogen-bond donors (Lipinski definition) is 1. The molecule has 0 spiro atoms. The molecule has 15 heavy (non-hydrogen) atoms. The van der Waals surface area contributed by atoms with Crippen LogP contribution in [0.2, 0.25) is 0 Å². The Morgan fingerprint density at radius 2 is 2.27 bits per heavy atom. The van der Waals surface area contributed by atoms with Crippen molar-refractivity contribution < 1.29 is 4.39 Å². The van der Waals surface area contributed by atoms with Crippen LogP contribution in [-0.4, -0.2) is 9.55 Å². The van der Waals surface area contributed by atoms with Crippen molar-refractivity contribution in [3.8, 4) is 0 Å². The number of anilines is 1. The molecule has 2 heterocycles. The summed E-state index contributed by atoms with van der Waals surface area (Å²) >= 11 is 0. The zero-order valence-corrected chi connectivity index (χ0v) is 8.44. The van der Waals surface area contributed by atoms with E-state index in [1.54, 1.807) is 6.07 Å². The number of halogens is 1. The second-order valence-electron chi connectivity index (χ2n) is 3.41. The van der Waals surface area contributed by atoms with E-state index in [2.05, 4.69) is 10.3 Å². The Labute approximate surface area is 87.6 Å². The highest BCUT2D eigenvalue weighted by molar-refractivity contribution is 5.40. The Hall–Kier alpha value is -1.84. The Morgan fingerprint density at radius 1 is 1.40 bits per heavy atom. The lowest BCUT2D eigenvalue weighted by Gasteiger charge is -2.03. The van der Waals surface area contributed by atoms with Crippen LogP contribution in [0.25, 0.3) is 0 Å². The van der Waals surface area contributed by atoms with E-state index in [0.29, 0.717) is 6.54 Å². The molecule has 0 atom stereocenters. The van der Waals surface area contributed by atoms with Gasteiger partial charge in [0.05, 0.1) is 11.9 Å². The molecule has 0 aliphatic carbocycles. The lowest BCUT2D eigenvalue weighted by molar-refractivity contribution is 0.584. The molecule has 2 aromatic heterocycles. The first-order chi connectivity index (χ1) is 7.24. The van der Waals surface area contributed by atoms with Gasteiger partial charge in [0.2, 0.25) is 5.95 Å². The van der Waals surface area contributed by atoms with Crippen LogP contribution in [0.1, 0.15) is 5.56 Å². The van der Waals surface area contributed by atoms with Gasteiger partial charge in [0.1, 0.15) is 0 Å². The topological polar surface area (TPSA) is 29.9 Å². The molecule has 0 aliphatic heterocycles. The van der Waals surface area contributed by atoms with E-state index in [-0.39, 0.29) is 0 Å². The predicted octanol–water partition coefficient (Wildman–Crippen LogP) is 2.17. The summed E-state index contributed by atoms with van der Waals surface area (Å²) in [6.45, 7) is 0.716. The van der Waals surface area contributed by atoms with Crippen LogP contribution in [-0.2, 0) is 13.6 Å². The van der Waals surface area contributed by atoms with Crippen LogP contribution in [0, 0.1) is 5.95 Å². The third kappa shape index (κ3) is 2.56. The van der Waals surface area contributed by atoms with Crippen LogP contribution in [0.15, 0.2) is 36.8 Å². The third-order valence-corrected chi connectivity index (χ3v) is 2.12. The largest absolute Gasteiger partial charge is 0.380 e. The first kappa shape index (κ1) is 9.71. The summed E-state index contributed by atoms with van der Waals surface area (Å²) < 4.78 is 14.5. The molecule has 0 bridgehead atoms. The molecule has 0 aliphatic rings. The zero-order chi connectivity index (χ0) is 10.7. The number of nitrogens with one attached hydrogen (secondary N) is 1. The molecule has 2 aromatic rings. The fraction of sp³-hybridized carbons (Fsp3) is 0.182. The summed E-state index contributed by atoms with van der Waals surface area (Å²) in [5.41, 5.74) is 2.00. The number of aromatic nitrogens is 2. The molecule has 2 rings (SSSR count). The van der Waals surface area contributed by atoms with Crippen LogP contribution < -0.4 is 5.32 Å². The second kappa shape index (κ2) is 4.13. The highest BCUT2D eigenvalue weighted by atomic mass is 19.1. The molecule has 0 fully saturated rings. The van der Waals surface area contributed by atoms with Crippen molar-refractivity contribution in [2.75, 3.05) is 5.32 Å². The lowest BCUT2D eigenvalue weighted by atomic mass is 10.3. The monoisotopic (exact) mass is 205 g/mol. The van der Waals surface area contributed by atoms with Gasteiger partial charge in [-0.1, -0.05) is 0 Å². The van der Waals surface area contributed by atoms with Crippen LogP contribution in [0.3, 0.4) is 0 Å². The van der Waals surface area contributed by atoms with Crippen molar-refractivity contribution in [2.24, 2.45) is 7.05 Å². The molecule has 4 heteroatoms. The minimum Gasteiger partial charge on any atom is -0.380 e. The molecule has 3 nitrogen and oxygen atoms in total. The number of hydrogen-bond acceptors (Lipinski definition) is 2. The summed E-state index contributed by atoms with van der Waals surface area (Å²) in [5.74, 6) is -0.458. The van der Waals surface area contributed by atoms with E-state index in [1.807, 2.05) is 30.1 Å². The van der Waals surface area contributed by atoms with Crippen LogP contribution >= 0.6 is 0 Å². The molecule has 0 amide bonds. The van der Waals surface area contributed by atoms with Gasteiger partial charge in [-0.3, -0.25) is 0 Å². The van der Waals surface area contributed by atoms with Gasteiger partial charge in [0.15, 0.2) is 0 Å². The SMILES string of the molecule is Cn1ccc(CNc2ccc(F)nc2)c1. The Kier molecular flexibility index (Phi) is 2.67. The van der Waals surface area contributed by atoms with Crippen LogP contribution in [0.5, 0.6) is 0 Å². The standard InChI is InChI=1S/C11H12FN3/c1-15-5-4-9(8-15)6-13-10-2-3-11(12)14-7-10/h2-5,7-8,13H,6H2,1H3. The summed E-state index contributed by atoms with van der Waals surface area (Å²) in [5, 5.41) is 3.16. The Morgan fingerprint density at radius 3 is 2.87 bits per heavy atom. The average molecular weight is 205 g/mol. The molecule has 78 valence electrons. The molecule has 0 saturated heterocycles. The third-order valence-electron chi connectivity index (χ3n) is 2.12. The van der Waals surface area contributed by atoms with Gasteiger partial charge in [-0.2, -0.15) is 4.39 Å². The summed E-state index contributed by atoms with van der Waals surface area (Å²) in [6.07, 6.45) is 5.50. The van der Waals surface area contributed by atoms with Gasteiger partial charge in [-0.25, -0.2) is 4.98 Å². The maximum absolute atomic E-state index is 12.5. The van der Waals surface area contributed by atoms with Crippen molar-refractivity contribution >= 4 is 5.69 Å². The molecule has 0 unspecified atom stereocenters. The molecule has 0 saturated carbocycles. The number of nitrogens with zero attached hydrogens (tertiary/aromatic N) is 2. The van der Waals surface area contributed by atoms with Crippen LogP contribution in [0.4, 0.5) is 10.1 Å². The quantitative estimate of drug-likeness (QED) is 0.778. The fourth-order valence-electron chi connectivity index (χ4n) is 1.35. The molecular formula is C11H12FN3. The van der Waals surface area contributed by atoms with E-state index < -0.39 is 5.95 Å². The first-order valence-electron chi connectivity index (χ1n) is 4.70. The van der Waals surface area contributed by atoms with Crippen molar-refractivity contribution in [1.82, 2.24) is 9.55 Å². The predicted molar refractivity (Wildman–Crippen MR) is 56.9 cm³/mol. The highest BCUT2D eigenvalue weighted by Crippen LogP contribution is 2.08. The molecule has 1 N–H and O–H groups in total. The van der Waals surface area contributed by atoms with E-state index in [9.17, 15) is 4.39 Å². The second-order valence-corrected chi connectivity index (χ2v) is 3.41. The Bertz CT molecular complexity index is 433. The average Bonchev–Trinajstić information content (AvgIpc) is 2.64. The molecular weight excluding hydrogens is 193 g/mol. The minimum atomic E-state index is -0.458. The Balaban J connectivity index is 1.96. The van der Waals surface area contributed by atoms with Gasteiger partial charge in [0.25, 0.3) is 0 Å². The van der Waals surface area contributed by atoms with Crippen molar-refractivity contribution in [2.45, 2.75) is 6.54 Å². The van der Waals surface area contributed by atoms with Gasteiger partial charge in [0, 0.05) is 26.0 Å². The number of rotatable bonds is 3. The summed E-state index contributed by atoms with van der Waals surface area (Å²) in [6, 6.07) is 5.04. The highest BCUT2D eigenvalue weighted by Gasteiger charge is 1.96. The lowest BCUT2D eigenvalue weighted by Crippen LogP contribution is -1.99. The smallest absolute Gasteiger partial charge is 0.212 e. The van der Waals surface area contributed by atoms with Gasteiger partial charge in [-0.15, -0.1) is 0 Å². The number of pyridine rings is 1. The fourth-order valence-corrected chi connectivity index (χ4v) is 1.35. The first-order valence-corrected chi connectivity index (χ1v) is 4.70. The van der Waals surface area contributed by atoms with Crippen molar-refractivity contribution in [1.29, 1.82) is 0 Å². The van der Waals surface area contributed by atoms with Gasteiger partial charge >= 0.3 is 0 Å². The van der Waals surface area contributed by atoms with Crippen molar-refractivity contribution in [3.05, 3.63) is 48.3 Å². The number of aryl methyl sites for hydroxylation is 1. The maximum atomic E-state index is 12.5. The summed E-state index contributed by atoms with van der Waals surface area (Å²) in [4.78, 5) is 3.56. The molecule has 0 radical (unpaired) electrons. The van der Waals surface area contributed by atoms with Gasteiger partial charge < -0.3 is 9.88 Å². The van der Waals surface area contributed by atoms with Gasteiger partial charge in [-0.05, 0) is 23.8 Å². The normalized spacial score (nSPS) is 10.3. The maximum Gasteiger partial charge on any atom is 0.212 e. The summed E-state index contributed by atoms with van der Waals surface area (Å²) in [7, 11) is 1.98. The van der Waals surface area contributed by atoms with E-state index in [0.717, 1.165) is 5.69 Å². The van der Waals surface area contributed by atoms with Crippen molar-refractivity contribution in [3.63, 3.8) is 0 Å². The molecule has 0 aromatic carbocycles. The zero-order valence-electron chi connectivity index (χ0n) is 8.44. The van der Waals surface area contributed by atoms with E-state index in [4.69, 9.17) is 0 Å².